The lowest BCUT2D eigenvalue weighted by Gasteiger charge is -2.04. The van der Waals surface area contributed by atoms with Gasteiger partial charge in [0.05, 0.1) is 10.9 Å². The topological polar surface area (TPSA) is 89.4 Å². The number of aromatic amines is 1. The zero-order valence-electron chi connectivity index (χ0n) is 13.0. The molecule has 7 heteroatoms. The van der Waals surface area contributed by atoms with Crippen molar-refractivity contribution in [2.24, 2.45) is 0 Å². The third kappa shape index (κ3) is 2.56. The first-order valence-corrected chi connectivity index (χ1v) is 7.52. The lowest BCUT2D eigenvalue weighted by Crippen LogP contribution is -2.16. The molecule has 0 bridgehead atoms. The van der Waals surface area contributed by atoms with Crippen molar-refractivity contribution in [1.82, 2.24) is 30.2 Å². The van der Waals surface area contributed by atoms with Crippen LogP contribution in [0.25, 0.3) is 22.3 Å². The number of fused-ring (bicyclic) bond motifs is 1. The molecule has 1 N–H and O–H groups in total. The predicted molar refractivity (Wildman–Crippen MR) is 89.5 cm³/mol. The molecule has 2 heterocycles. The molecule has 0 unspecified atom stereocenters. The molecule has 0 saturated heterocycles. The molecule has 4 aromatic rings. The van der Waals surface area contributed by atoms with Crippen LogP contribution in [0.3, 0.4) is 0 Å². The number of para-hydroxylation sites is 1. The lowest BCUT2D eigenvalue weighted by atomic mass is 10.1. The highest BCUT2D eigenvalue weighted by Crippen LogP contribution is 2.13. The molecule has 4 rings (SSSR count). The van der Waals surface area contributed by atoms with Crippen molar-refractivity contribution in [2.75, 3.05) is 0 Å². The van der Waals surface area contributed by atoms with Crippen molar-refractivity contribution in [1.29, 1.82) is 0 Å². The van der Waals surface area contributed by atoms with Crippen molar-refractivity contribution in [3.05, 3.63) is 70.3 Å². The average molecular weight is 318 g/mol. The van der Waals surface area contributed by atoms with Gasteiger partial charge in [0.25, 0.3) is 5.56 Å². The van der Waals surface area contributed by atoms with E-state index in [2.05, 4.69) is 25.4 Å². The SMILES string of the molecule is Cc1cccc2c(=O)[nH]c(Cn3nnc(-c4ccccc4)n3)nc12. The Hall–Kier alpha value is -3.35. The number of aryl methyl sites for hydroxylation is 1. The summed E-state index contributed by atoms with van der Waals surface area (Å²) in [5.74, 6) is 1.04. The van der Waals surface area contributed by atoms with E-state index >= 15 is 0 Å². The Morgan fingerprint density at radius 3 is 2.75 bits per heavy atom. The Morgan fingerprint density at radius 2 is 1.92 bits per heavy atom. The summed E-state index contributed by atoms with van der Waals surface area (Å²) in [5.41, 5.74) is 2.37. The van der Waals surface area contributed by atoms with Gasteiger partial charge in [-0.05, 0) is 23.8 Å². The minimum atomic E-state index is -0.165. The summed E-state index contributed by atoms with van der Waals surface area (Å²) in [6, 6.07) is 15.1. The molecule has 0 aliphatic rings. The zero-order chi connectivity index (χ0) is 16.5. The van der Waals surface area contributed by atoms with Gasteiger partial charge in [-0.2, -0.15) is 4.80 Å². The number of nitrogens with one attached hydrogen (secondary N) is 1. The van der Waals surface area contributed by atoms with Crippen LogP contribution in [-0.4, -0.2) is 30.2 Å². The summed E-state index contributed by atoms with van der Waals surface area (Å²) in [7, 11) is 0. The molecule has 7 nitrogen and oxygen atoms in total. The standard InChI is InChI=1S/C17H14N6O/c1-11-6-5-9-13-15(11)18-14(19-17(13)24)10-23-21-16(20-22-23)12-7-3-2-4-8-12/h2-9H,10H2,1H3,(H,18,19,24). The number of aromatic nitrogens is 6. The minimum Gasteiger partial charge on any atom is -0.308 e. The first-order chi connectivity index (χ1) is 11.7. The van der Waals surface area contributed by atoms with Gasteiger partial charge in [-0.1, -0.05) is 42.5 Å². The van der Waals surface area contributed by atoms with Gasteiger partial charge < -0.3 is 4.98 Å². The van der Waals surface area contributed by atoms with Crippen LogP contribution in [0.2, 0.25) is 0 Å². The van der Waals surface area contributed by atoms with Crippen LogP contribution < -0.4 is 5.56 Å². The molecule has 0 saturated carbocycles. The zero-order valence-corrected chi connectivity index (χ0v) is 13.0. The smallest absolute Gasteiger partial charge is 0.258 e. The second-order valence-electron chi connectivity index (χ2n) is 5.49. The Balaban J connectivity index is 1.69. The number of rotatable bonds is 3. The monoisotopic (exact) mass is 318 g/mol. The molecular formula is C17H14N6O. The number of hydrogen-bond donors (Lipinski definition) is 1. The summed E-state index contributed by atoms with van der Waals surface area (Å²) in [6.45, 7) is 2.18. The predicted octanol–water partition coefficient (Wildman–Crippen LogP) is 1.93. The van der Waals surface area contributed by atoms with Crippen molar-refractivity contribution in [3.63, 3.8) is 0 Å². The maximum atomic E-state index is 12.2. The summed E-state index contributed by atoms with van der Waals surface area (Å²) in [6.07, 6.45) is 0. The maximum Gasteiger partial charge on any atom is 0.258 e. The third-order valence-electron chi connectivity index (χ3n) is 3.76. The Kier molecular flexibility index (Phi) is 3.38. The van der Waals surface area contributed by atoms with Gasteiger partial charge in [-0.15, -0.1) is 10.2 Å². The van der Waals surface area contributed by atoms with Gasteiger partial charge >= 0.3 is 0 Å². The van der Waals surface area contributed by atoms with Crippen LogP contribution in [0.4, 0.5) is 0 Å². The molecule has 0 fully saturated rings. The van der Waals surface area contributed by atoms with E-state index < -0.39 is 0 Å². The second-order valence-corrected chi connectivity index (χ2v) is 5.49. The van der Waals surface area contributed by atoms with E-state index in [1.165, 1.54) is 4.80 Å². The van der Waals surface area contributed by atoms with E-state index in [0.29, 0.717) is 22.6 Å². The first kappa shape index (κ1) is 14.3. The van der Waals surface area contributed by atoms with Gasteiger partial charge in [0.1, 0.15) is 12.4 Å². The van der Waals surface area contributed by atoms with E-state index in [1.807, 2.05) is 49.4 Å². The Labute approximate surface area is 137 Å². The molecule has 0 amide bonds. The Bertz CT molecular complexity index is 1070. The van der Waals surface area contributed by atoms with E-state index in [0.717, 1.165) is 11.1 Å². The number of hydrogen-bond acceptors (Lipinski definition) is 5. The van der Waals surface area contributed by atoms with E-state index in [4.69, 9.17) is 0 Å². The van der Waals surface area contributed by atoms with Crippen molar-refractivity contribution in [2.45, 2.75) is 13.5 Å². The molecule has 2 aromatic carbocycles. The van der Waals surface area contributed by atoms with Crippen molar-refractivity contribution >= 4 is 10.9 Å². The summed E-state index contributed by atoms with van der Waals surface area (Å²) in [4.78, 5) is 20.9. The highest BCUT2D eigenvalue weighted by atomic mass is 16.1. The summed E-state index contributed by atoms with van der Waals surface area (Å²) in [5, 5.41) is 13.0. The molecule has 24 heavy (non-hydrogen) atoms. The number of nitrogens with zero attached hydrogens (tertiary/aromatic N) is 5. The maximum absolute atomic E-state index is 12.2. The fourth-order valence-electron chi connectivity index (χ4n) is 2.57. The van der Waals surface area contributed by atoms with Crippen LogP contribution in [0.5, 0.6) is 0 Å². The van der Waals surface area contributed by atoms with Crippen molar-refractivity contribution < 1.29 is 0 Å². The fraction of sp³-hybridized carbons (Fsp3) is 0.118. The van der Waals surface area contributed by atoms with Gasteiger partial charge in [-0.3, -0.25) is 4.79 Å². The molecule has 0 atom stereocenters. The van der Waals surface area contributed by atoms with E-state index in [1.54, 1.807) is 6.07 Å². The van der Waals surface area contributed by atoms with Crippen LogP contribution in [0, 0.1) is 6.92 Å². The number of tetrazole rings is 1. The molecule has 0 aliphatic heterocycles. The summed E-state index contributed by atoms with van der Waals surface area (Å²) >= 11 is 0. The molecule has 2 aromatic heterocycles. The minimum absolute atomic E-state index is 0.165. The molecule has 0 radical (unpaired) electrons. The first-order valence-electron chi connectivity index (χ1n) is 7.52. The van der Waals surface area contributed by atoms with Gasteiger partial charge in [0.15, 0.2) is 0 Å². The quantitative estimate of drug-likeness (QED) is 0.623. The lowest BCUT2D eigenvalue weighted by molar-refractivity contribution is 0.555. The van der Waals surface area contributed by atoms with Gasteiger partial charge in [0.2, 0.25) is 5.82 Å². The van der Waals surface area contributed by atoms with Crippen LogP contribution >= 0.6 is 0 Å². The van der Waals surface area contributed by atoms with Crippen LogP contribution in [0.1, 0.15) is 11.4 Å². The molecular weight excluding hydrogens is 304 g/mol. The van der Waals surface area contributed by atoms with Crippen molar-refractivity contribution in [3.8, 4) is 11.4 Å². The molecule has 0 aliphatic carbocycles. The number of benzene rings is 2. The average Bonchev–Trinajstić information content (AvgIpc) is 3.05. The Morgan fingerprint density at radius 1 is 1.08 bits per heavy atom. The molecule has 0 spiro atoms. The highest BCUT2D eigenvalue weighted by molar-refractivity contribution is 5.80. The largest absolute Gasteiger partial charge is 0.308 e. The van der Waals surface area contributed by atoms with E-state index in [9.17, 15) is 4.79 Å². The fourth-order valence-corrected chi connectivity index (χ4v) is 2.57. The van der Waals surface area contributed by atoms with Gasteiger partial charge in [0, 0.05) is 5.56 Å². The second kappa shape index (κ2) is 5.69. The van der Waals surface area contributed by atoms with E-state index in [-0.39, 0.29) is 12.1 Å². The molecule has 118 valence electrons. The van der Waals surface area contributed by atoms with Crippen LogP contribution in [0.15, 0.2) is 53.3 Å². The van der Waals surface area contributed by atoms with Gasteiger partial charge in [-0.25, -0.2) is 4.98 Å². The third-order valence-corrected chi connectivity index (χ3v) is 3.76. The van der Waals surface area contributed by atoms with Crippen LogP contribution in [-0.2, 0) is 6.54 Å². The summed E-state index contributed by atoms with van der Waals surface area (Å²) < 4.78 is 0. The normalized spacial score (nSPS) is 11.0. The highest BCUT2D eigenvalue weighted by Gasteiger charge is 2.09. The number of H-pyrrole nitrogens is 1.